The number of ether oxygens (including phenoxy) is 1. The van der Waals surface area contributed by atoms with Crippen molar-refractivity contribution in [3.8, 4) is 0 Å². The molecular formula is C12H14O4. The number of Topliss-reactive ketones (excluding diaryl/α,β-unsaturated/α-hetero) is 1. The quantitative estimate of drug-likeness (QED) is 0.579. The van der Waals surface area contributed by atoms with Crippen molar-refractivity contribution in [1.82, 2.24) is 0 Å². The van der Waals surface area contributed by atoms with E-state index in [9.17, 15) is 9.59 Å². The lowest BCUT2D eigenvalue weighted by molar-refractivity contribution is 0.0562. The van der Waals surface area contributed by atoms with Gasteiger partial charge in [-0.1, -0.05) is 6.92 Å². The van der Waals surface area contributed by atoms with E-state index in [2.05, 4.69) is 4.74 Å². The first kappa shape index (κ1) is 10.9. The van der Waals surface area contributed by atoms with Crippen LogP contribution in [0.4, 0.5) is 0 Å². The van der Waals surface area contributed by atoms with Crippen molar-refractivity contribution in [1.29, 1.82) is 0 Å². The van der Waals surface area contributed by atoms with Crippen LogP contribution in [0.25, 0.3) is 0 Å². The van der Waals surface area contributed by atoms with Crippen molar-refractivity contribution in [2.24, 2.45) is 11.8 Å². The average molecular weight is 222 g/mol. The summed E-state index contributed by atoms with van der Waals surface area (Å²) in [5, 5.41) is 0. The van der Waals surface area contributed by atoms with E-state index in [0.717, 1.165) is 12.8 Å². The van der Waals surface area contributed by atoms with Crippen molar-refractivity contribution in [3.63, 3.8) is 0 Å². The number of methoxy groups -OCH3 is 1. The van der Waals surface area contributed by atoms with Gasteiger partial charge >= 0.3 is 5.97 Å². The molecule has 2 rings (SSSR count). The molecule has 0 aromatic carbocycles. The van der Waals surface area contributed by atoms with Gasteiger partial charge in [-0.2, -0.15) is 0 Å². The molecule has 1 atom stereocenters. The van der Waals surface area contributed by atoms with Crippen molar-refractivity contribution >= 4 is 11.8 Å². The number of ketones is 1. The van der Waals surface area contributed by atoms with Gasteiger partial charge in [-0.25, -0.2) is 4.79 Å². The van der Waals surface area contributed by atoms with Gasteiger partial charge in [0.25, 0.3) is 0 Å². The Morgan fingerprint density at radius 1 is 1.38 bits per heavy atom. The van der Waals surface area contributed by atoms with Gasteiger partial charge in [0.05, 0.1) is 7.11 Å². The Morgan fingerprint density at radius 3 is 2.56 bits per heavy atom. The maximum Gasteiger partial charge on any atom is 0.373 e. The predicted molar refractivity (Wildman–Crippen MR) is 56.3 cm³/mol. The summed E-state index contributed by atoms with van der Waals surface area (Å²) in [6.07, 6.45) is 2.22. The molecule has 1 saturated carbocycles. The molecule has 0 saturated heterocycles. The summed E-state index contributed by atoms with van der Waals surface area (Å²) in [5.74, 6) is 0.209. The van der Waals surface area contributed by atoms with Crippen LogP contribution in [0, 0.1) is 11.8 Å². The molecule has 0 aliphatic heterocycles. The van der Waals surface area contributed by atoms with E-state index in [0.29, 0.717) is 5.92 Å². The van der Waals surface area contributed by atoms with E-state index >= 15 is 0 Å². The van der Waals surface area contributed by atoms with Crippen molar-refractivity contribution < 1.29 is 18.7 Å². The zero-order chi connectivity index (χ0) is 11.7. The number of esters is 1. The first-order valence-electron chi connectivity index (χ1n) is 5.36. The molecule has 1 aliphatic carbocycles. The number of rotatable bonds is 4. The van der Waals surface area contributed by atoms with Crippen molar-refractivity contribution in [3.05, 3.63) is 23.7 Å². The normalized spacial score (nSPS) is 16.9. The van der Waals surface area contributed by atoms with Crippen LogP contribution in [0.3, 0.4) is 0 Å². The first-order chi connectivity index (χ1) is 7.63. The minimum atomic E-state index is -0.557. The van der Waals surface area contributed by atoms with Crippen LogP contribution in [0.15, 0.2) is 16.5 Å². The summed E-state index contributed by atoms with van der Waals surface area (Å²) < 4.78 is 9.68. The molecule has 16 heavy (non-hydrogen) atoms. The fourth-order valence-corrected chi connectivity index (χ4v) is 1.72. The first-order valence-corrected chi connectivity index (χ1v) is 5.36. The average Bonchev–Trinajstić information content (AvgIpc) is 3.03. The Balaban J connectivity index is 2.11. The summed E-state index contributed by atoms with van der Waals surface area (Å²) in [6, 6.07) is 3.01. The van der Waals surface area contributed by atoms with Crippen LogP contribution in [-0.2, 0) is 4.74 Å². The SMILES string of the molecule is COC(=O)c1ccc(C(=O)C(C)C2CC2)o1. The second-order valence-corrected chi connectivity index (χ2v) is 4.15. The van der Waals surface area contributed by atoms with Crippen molar-refractivity contribution in [2.75, 3.05) is 7.11 Å². The van der Waals surface area contributed by atoms with Crippen molar-refractivity contribution in [2.45, 2.75) is 19.8 Å². The van der Waals surface area contributed by atoms with Gasteiger partial charge in [-0.15, -0.1) is 0 Å². The molecule has 1 aromatic heterocycles. The Morgan fingerprint density at radius 2 is 2.00 bits per heavy atom. The van der Waals surface area contributed by atoms with E-state index in [1.807, 2.05) is 6.92 Å². The highest BCUT2D eigenvalue weighted by Crippen LogP contribution is 2.38. The molecule has 1 fully saturated rings. The Hall–Kier alpha value is -1.58. The monoisotopic (exact) mass is 222 g/mol. The summed E-state index contributed by atoms with van der Waals surface area (Å²) >= 11 is 0. The zero-order valence-corrected chi connectivity index (χ0v) is 9.36. The molecule has 1 aromatic rings. The summed E-state index contributed by atoms with van der Waals surface area (Å²) in [5.41, 5.74) is 0. The summed E-state index contributed by atoms with van der Waals surface area (Å²) in [4.78, 5) is 23.0. The molecule has 0 amide bonds. The number of furan rings is 1. The van der Waals surface area contributed by atoms with Gasteiger partial charge < -0.3 is 9.15 Å². The molecule has 0 N–H and O–H groups in total. The zero-order valence-electron chi connectivity index (χ0n) is 9.36. The van der Waals surface area contributed by atoms with Gasteiger partial charge in [0.15, 0.2) is 5.76 Å². The number of carbonyl (C=O) groups excluding carboxylic acids is 2. The van der Waals surface area contributed by atoms with Crippen LogP contribution in [0.5, 0.6) is 0 Å². The Kier molecular flexibility index (Phi) is 2.81. The molecule has 1 unspecified atom stereocenters. The van der Waals surface area contributed by atoms with E-state index in [1.54, 1.807) is 0 Å². The summed E-state index contributed by atoms with van der Waals surface area (Å²) in [7, 11) is 1.28. The van der Waals surface area contributed by atoms with Crippen LogP contribution in [0.2, 0.25) is 0 Å². The van der Waals surface area contributed by atoms with Gasteiger partial charge in [-0.3, -0.25) is 4.79 Å². The Labute approximate surface area is 93.6 Å². The molecule has 86 valence electrons. The van der Waals surface area contributed by atoms with Gasteiger partial charge in [-0.05, 0) is 30.9 Å². The second kappa shape index (κ2) is 4.12. The number of hydrogen-bond acceptors (Lipinski definition) is 4. The lowest BCUT2D eigenvalue weighted by atomic mass is 9.99. The highest BCUT2D eigenvalue weighted by atomic mass is 16.5. The topological polar surface area (TPSA) is 56.5 Å². The minimum Gasteiger partial charge on any atom is -0.463 e. The molecule has 1 aliphatic rings. The lowest BCUT2D eigenvalue weighted by Gasteiger charge is -2.05. The highest BCUT2D eigenvalue weighted by Gasteiger charge is 2.34. The molecule has 4 nitrogen and oxygen atoms in total. The second-order valence-electron chi connectivity index (χ2n) is 4.15. The summed E-state index contributed by atoms with van der Waals surface area (Å²) in [6.45, 7) is 1.90. The fraction of sp³-hybridized carbons (Fsp3) is 0.500. The Bertz CT molecular complexity index is 414. The van der Waals surface area contributed by atoms with Crippen LogP contribution in [0.1, 0.15) is 40.9 Å². The molecule has 0 bridgehead atoms. The van der Waals surface area contributed by atoms with E-state index in [-0.39, 0.29) is 23.2 Å². The molecule has 0 spiro atoms. The third-order valence-corrected chi connectivity index (χ3v) is 2.98. The number of hydrogen-bond donors (Lipinski definition) is 0. The minimum absolute atomic E-state index is 0.0170. The fourth-order valence-electron chi connectivity index (χ4n) is 1.72. The van der Waals surface area contributed by atoms with Gasteiger partial charge in [0, 0.05) is 5.92 Å². The predicted octanol–water partition coefficient (Wildman–Crippen LogP) is 2.29. The van der Waals surface area contributed by atoms with E-state index in [1.165, 1.54) is 19.2 Å². The van der Waals surface area contributed by atoms with Gasteiger partial charge in [0.2, 0.25) is 11.5 Å². The van der Waals surface area contributed by atoms with Crippen LogP contribution in [-0.4, -0.2) is 18.9 Å². The maximum atomic E-state index is 11.9. The third kappa shape index (κ3) is 2.01. The molecule has 1 heterocycles. The van der Waals surface area contributed by atoms with Crippen LogP contribution < -0.4 is 0 Å². The van der Waals surface area contributed by atoms with Gasteiger partial charge in [0.1, 0.15) is 0 Å². The number of carbonyl (C=O) groups is 2. The maximum absolute atomic E-state index is 11.9. The molecule has 0 radical (unpaired) electrons. The largest absolute Gasteiger partial charge is 0.463 e. The molecular weight excluding hydrogens is 208 g/mol. The van der Waals surface area contributed by atoms with E-state index < -0.39 is 5.97 Å². The third-order valence-electron chi connectivity index (χ3n) is 2.98. The standard InChI is InChI=1S/C12H14O4/c1-7(8-3-4-8)11(13)9-5-6-10(16-9)12(14)15-2/h5-8H,3-4H2,1-2H3. The highest BCUT2D eigenvalue weighted by molar-refractivity contribution is 5.97. The molecule has 4 heteroatoms. The van der Waals surface area contributed by atoms with E-state index in [4.69, 9.17) is 4.42 Å². The van der Waals surface area contributed by atoms with Crippen LogP contribution >= 0.6 is 0 Å². The lowest BCUT2D eigenvalue weighted by Crippen LogP contribution is -2.12. The smallest absolute Gasteiger partial charge is 0.373 e.